The molecule has 1 heterocycles. The number of hydrogen-bond acceptors (Lipinski definition) is 2. The molecule has 3 nitrogen and oxygen atoms in total. The first-order valence-electron chi connectivity index (χ1n) is 5.46. The Morgan fingerprint density at radius 2 is 2.00 bits per heavy atom. The Morgan fingerprint density at radius 1 is 1.35 bits per heavy atom. The number of halogens is 2. The van der Waals surface area contributed by atoms with Crippen LogP contribution in [-0.2, 0) is 0 Å². The number of carbonyl (C=O) groups is 1. The Labute approximate surface area is 98.2 Å². The van der Waals surface area contributed by atoms with E-state index in [1.807, 2.05) is 0 Å². The predicted molar refractivity (Wildman–Crippen MR) is 59.9 cm³/mol. The van der Waals surface area contributed by atoms with E-state index in [0.29, 0.717) is 5.56 Å². The molecular formula is C12H14F2N2O. The van der Waals surface area contributed by atoms with Gasteiger partial charge in [-0.15, -0.1) is 0 Å². The molecule has 1 aromatic rings. The van der Waals surface area contributed by atoms with E-state index < -0.39 is 18.5 Å². The van der Waals surface area contributed by atoms with Crippen LogP contribution in [0.5, 0.6) is 0 Å². The molecule has 2 N–H and O–H groups in total. The fourth-order valence-electron chi connectivity index (χ4n) is 2.06. The monoisotopic (exact) mass is 240 g/mol. The van der Waals surface area contributed by atoms with Crippen LogP contribution in [0.15, 0.2) is 30.3 Å². The summed E-state index contributed by atoms with van der Waals surface area (Å²) in [5.41, 5.74) is 5.96. The zero-order valence-electron chi connectivity index (χ0n) is 9.27. The summed E-state index contributed by atoms with van der Waals surface area (Å²) in [5, 5.41) is 0. The molecule has 0 radical (unpaired) electrons. The number of alkyl halides is 2. The molecule has 0 aromatic heterocycles. The van der Waals surface area contributed by atoms with E-state index in [9.17, 15) is 13.6 Å². The fourth-order valence-corrected chi connectivity index (χ4v) is 2.06. The number of hydrogen-bond donors (Lipinski definition) is 1. The van der Waals surface area contributed by atoms with Crippen molar-refractivity contribution < 1.29 is 13.6 Å². The number of piperidine rings is 1. The maximum absolute atomic E-state index is 13.3. The van der Waals surface area contributed by atoms with E-state index in [1.54, 1.807) is 30.3 Å². The molecule has 1 amide bonds. The van der Waals surface area contributed by atoms with Crippen molar-refractivity contribution in [2.75, 3.05) is 13.1 Å². The lowest BCUT2D eigenvalue weighted by molar-refractivity contribution is -0.0621. The van der Waals surface area contributed by atoms with Crippen LogP contribution < -0.4 is 5.73 Å². The van der Waals surface area contributed by atoms with Crippen molar-refractivity contribution in [3.8, 4) is 0 Å². The molecule has 0 aliphatic carbocycles. The Balaban J connectivity index is 2.15. The van der Waals surface area contributed by atoms with Crippen molar-refractivity contribution in [2.24, 2.45) is 5.73 Å². The molecule has 0 unspecified atom stereocenters. The number of carbonyl (C=O) groups excluding carboxylic acids is 1. The highest BCUT2D eigenvalue weighted by molar-refractivity contribution is 5.94. The molecule has 1 atom stereocenters. The number of amides is 1. The highest BCUT2D eigenvalue weighted by atomic mass is 19.3. The summed E-state index contributed by atoms with van der Waals surface area (Å²) < 4.78 is 26.6. The zero-order chi connectivity index (χ0) is 12.5. The molecule has 1 fully saturated rings. The summed E-state index contributed by atoms with van der Waals surface area (Å²) in [6.45, 7) is -0.363. The summed E-state index contributed by atoms with van der Waals surface area (Å²) in [4.78, 5) is 13.1. The van der Waals surface area contributed by atoms with Crippen molar-refractivity contribution in [1.82, 2.24) is 4.90 Å². The molecule has 5 heteroatoms. The fraction of sp³-hybridized carbons (Fsp3) is 0.417. The Kier molecular flexibility index (Phi) is 3.11. The van der Waals surface area contributed by atoms with Crippen molar-refractivity contribution in [3.05, 3.63) is 35.9 Å². The van der Waals surface area contributed by atoms with Crippen molar-refractivity contribution in [2.45, 2.75) is 18.4 Å². The molecule has 0 saturated carbocycles. The molecule has 0 bridgehead atoms. The lowest BCUT2D eigenvalue weighted by Crippen LogP contribution is -2.54. The van der Waals surface area contributed by atoms with E-state index >= 15 is 0 Å². The molecule has 1 aromatic carbocycles. The summed E-state index contributed by atoms with van der Waals surface area (Å²) in [6.07, 6.45) is -0.356. The number of nitrogens with two attached hydrogens (primary N) is 1. The van der Waals surface area contributed by atoms with E-state index in [0.717, 1.165) is 4.90 Å². The van der Waals surface area contributed by atoms with Gasteiger partial charge in [0.1, 0.15) is 0 Å². The smallest absolute Gasteiger partial charge is 0.266 e. The van der Waals surface area contributed by atoms with Crippen molar-refractivity contribution in [1.29, 1.82) is 0 Å². The Hall–Kier alpha value is -1.49. The SMILES string of the molecule is N[C@H]1CN(C(=O)c2ccccc2)CC(F)(F)C1. The molecular weight excluding hydrogens is 226 g/mol. The Bertz CT molecular complexity index is 408. The van der Waals surface area contributed by atoms with Gasteiger partial charge in [0.2, 0.25) is 0 Å². The molecule has 1 aliphatic rings. The summed E-state index contributed by atoms with van der Waals surface area (Å²) >= 11 is 0. The van der Waals surface area contributed by atoms with Gasteiger partial charge in [-0.25, -0.2) is 8.78 Å². The van der Waals surface area contributed by atoms with Gasteiger partial charge in [-0.1, -0.05) is 18.2 Å². The van der Waals surface area contributed by atoms with E-state index in [1.165, 1.54) is 0 Å². The van der Waals surface area contributed by atoms with Gasteiger partial charge in [0.15, 0.2) is 0 Å². The van der Waals surface area contributed by atoms with Gasteiger partial charge in [-0.2, -0.15) is 0 Å². The lowest BCUT2D eigenvalue weighted by Gasteiger charge is -2.36. The minimum absolute atomic E-state index is 0.184. The minimum atomic E-state index is -2.89. The maximum Gasteiger partial charge on any atom is 0.266 e. The van der Waals surface area contributed by atoms with E-state index in [4.69, 9.17) is 5.73 Å². The first-order valence-corrected chi connectivity index (χ1v) is 5.46. The summed E-state index contributed by atoms with van der Waals surface area (Å²) in [6, 6.07) is 7.74. The maximum atomic E-state index is 13.3. The third-order valence-corrected chi connectivity index (χ3v) is 2.75. The first kappa shape index (κ1) is 12.0. The van der Waals surface area contributed by atoms with Gasteiger partial charge in [-0.3, -0.25) is 4.79 Å². The number of benzene rings is 1. The highest BCUT2D eigenvalue weighted by Gasteiger charge is 2.40. The largest absolute Gasteiger partial charge is 0.331 e. The molecule has 2 rings (SSSR count). The number of rotatable bonds is 1. The molecule has 0 spiro atoms. The van der Waals surface area contributed by atoms with Crippen LogP contribution in [0.3, 0.4) is 0 Å². The van der Waals surface area contributed by atoms with Crippen LogP contribution in [0, 0.1) is 0 Å². The summed E-state index contributed by atoms with van der Waals surface area (Å²) in [7, 11) is 0. The predicted octanol–water partition coefficient (Wildman–Crippen LogP) is 1.50. The molecule has 92 valence electrons. The topological polar surface area (TPSA) is 46.3 Å². The quantitative estimate of drug-likeness (QED) is 0.808. The van der Waals surface area contributed by atoms with Gasteiger partial charge >= 0.3 is 0 Å². The van der Waals surface area contributed by atoms with Crippen LogP contribution in [0.1, 0.15) is 16.8 Å². The third kappa shape index (κ3) is 2.79. The third-order valence-electron chi connectivity index (χ3n) is 2.75. The Morgan fingerprint density at radius 3 is 2.59 bits per heavy atom. The average molecular weight is 240 g/mol. The number of likely N-dealkylation sites (tertiary alicyclic amines) is 1. The van der Waals surface area contributed by atoms with Gasteiger partial charge in [-0.05, 0) is 12.1 Å². The van der Waals surface area contributed by atoms with Gasteiger partial charge in [0, 0.05) is 24.6 Å². The summed E-state index contributed by atoms with van der Waals surface area (Å²) in [5.74, 6) is -3.28. The average Bonchev–Trinajstić information content (AvgIpc) is 2.26. The second kappa shape index (κ2) is 4.41. The minimum Gasteiger partial charge on any atom is -0.331 e. The molecule has 1 saturated heterocycles. The standard InChI is InChI=1S/C12H14F2N2O/c13-12(14)6-10(15)7-16(8-12)11(17)9-4-2-1-3-5-9/h1-5,10H,6-8,15H2/t10-/m1/s1. The zero-order valence-corrected chi connectivity index (χ0v) is 9.27. The van der Waals surface area contributed by atoms with E-state index in [-0.39, 0.29) is 18.9 Å². The van der Waals surface area contributed by atoms with Crippen molar-refractivity contribution >= 4 is 5.91 Å². The van der Waals surface area contributed by atoms with Crippen LogP contribution >= 0.6 is 0 Å². The second-order valence-corrected chi connectivity index (χ2v) is 4.37. The van der Waals surface area contributed by atoms with Gasteiger partial charge in [0.25, 0.3) is 11.8 Å². The van der Waals surface area contributed by atoms with Gasteiger partial charge in [0.05, 0.1) is 6.54 Å². The highest BCUT2D eigenvalue weighted by Crippen LogP contribution is 2.26. The van der Waals surface area contributed by atoms with E-state index in [2.05, 4.69) is 0 Å². The second-order valence-electron chi connectivity index (χ2n) is 4.37. The lowest BCUT2D eigenvalue weighted by atomic mass is 10.0. The molecule has 17 heavy (non-hydrogen) atoms. The van der Waals surface area contributed by atoms with Crippen molar-refractivity contribution in [3.63, 3.8) is 0 Å². The van der Waals surface area contributed by atoms with Crippen LogP contribution in [0.4, 0.5) is 8.78 Å². The van der Waals surface area contributed by atoms with Crippen LogP contribution in [0.25, 0.3) is 0 Å². The molecule has 1 aliphatic heterocycles. The first-order chi connectivity index (χ1) is 7.98. The van der Waals surface area contributed by atoms with Gasteiger partial charge < -0.3 is 10.6 Å². The number of nitrogens with zero attached hydrogens (tertiary/aromatic N) is 1. The van der Waals surface area contributed by atoms with Crippen LogP contribution in [0.2, 0.25) is 0 Å². The van der Waals surface area contributed by atoms with Crippen LogP contribution in [-0.4, -0.2) is 35.9 Å². The normalized spacial score (nSPS) is 23.5.